The zero-order valence-electron chi connectivity index (χ0n) is 19.8. The topological polar surface area (TPSA) is 67.2 Å². The monoisotopic (exact) mass is 466 g/mol. The Balaban J connectivity index is 1.91. The summed E-state index contributed by atoms with van der Waals surface area (Å²) in [4.78, 5) is 31.9. The van der Waals surface area contributed by atoms with Crippen molar-refractivity contribution in [2.75, 3.05) is 11.9 Å². The summed E-state index contributed by atoms with van der Waals surface area (Å²) in [6.07, 6.45) is 2.29. The number of hydrogen-bond acceptors (Lipinski definition) is 3. The number of rotatable bonds is 8. The molecule has 0 unspecified atom stereocenters. The molecule has 1 heterocycles. The van der Waals surface area contributed by atoms with E-state index in [-0.39, 0.29) is 30.3 Å². The summed E-state index contributed by atoms with van der Waals surface area (Å²) in [7, 11) is 0. The van der Waals surface area contributed by atoms with E-state index in [0.717, 1.165) is 16.8 Å². The van der Waals surface area contributed by atoms with Gasteiger partial charge in [-0.1, -0.05) is 49.7 Å². The molecule has 0 saturated carbocycles. The first-order chi connectivity index (χ1) is 15.6. The predicted octanol–water partition coefficient (Wildman–Crippen LogP) is 5.72. The minimum atomic E-state index is -0.289. The Morgan fingerprint density at radius 3 is 2.39 bits per heavy atom. The van der Waals surface area contributed by atoms with Crippen LogP contribution >= 0.6 is 11.6 Å². The molecule has 1 aromatic heterocycles. The van der Waals surface area contributed by atoms with Crippen LogP contribution in [0.25, 0.3) is 16.9 Å². The number of carbonyl (C=O) groups excluding carboxylic acids is 2. The highest BCUT2D eigenvalue weighted by Crippen LogP contribution is 2.26. The van der Waals surface area contributed by atoms with Crippen LogP contribution in [-0.4, -0.2) is 38.9 Å². The highest BCUT2D eigenvalue weighted by Gasteiger charge is 2.22. The number of imidazole rings is 1. The molecule has 0 radical (unpaired) electrons. The number of nitrogens with zero attached hydrogens (tertiary/aromatic N) is 3. The minimum Gasteiger partial charge on any atom is -0.331 e. The van der Waals surface area contributed by atoms with E-state index in [4.69, 9.17) is 11.6 Å². The van der Waals surface area contributed by atoms with Crippen LogP contribution in [0.5, 0.6) is 0 Å². The molecule has 7 heteroatoms. The standard InChI is InChI=1S/C26H31ClN4O2/c1-17(2)13-25(33)30(18(3)4)16-24(32)29-26-28-23(20-9-11-21(27)12-10-20)15-31(26)22-8-6-7-19(5)14-22/h6-12,14-15,17-18H,13,16H2,1-5H3,(H,28,29,32). The molecule has 0 bridgehead atoms. The highest BCUT2D eigenvalue weighted by atomic mass is 35.5. The van der Waals surface area contributed by atoms with Crippen LogP contribution in [0.15, 0.2) is 54.7 Å². The zero-order chi connectivity index (χ0) is 24.1. The normalized spacial score (nSPS) is 11.2. The number of carbonyl (C=O) groups is 2. The molecule has 1 N–H and O–H groups in total. The molecule has 0 aliphatic carbocycles. The van der Waals surface area contributed by atoms with E-state index in [1.54, 1.807) is 4.90 Å². The molecule has 0 spiro atoms. The lowest BCUT2D eigenvalue weighted by atomic mass is 10.1. The average molecular weight is 467 g/mol. The predicted molar refractivity (Wildman–Crippen MR) is 134 cm³/mol. The molecule has 0 aliphatic heterocycles. The van der Waals surface area contributed by atoms with Crippen molar-refractivity contribution >= 4 is 29.4 Å². The van der Waals surface area contributed by atoms with E-state index < -0.39 is 0 Å². The third kappa shape index (κ3) is 6.45. The van der Waals surface area contributed by atoms with Gasteiger partial charge in [-0.15, -0.1) is 0 Å². The van der Waals surface area contributed by atoms with Crippen LogP contribution in [0.2, 0.25) is 5.02 Å². The molecule has 0 atom stereocenters. The van der Waals surface area contributed by atoms with E-state index in [9.17, 15) is 9.59 Å². The summed E-state index contributed by atoms with van der Waals surface area (Å²) < 4.78 is 1.85. The van der Waals surface area contributed by atoms with Gasteiger partial charge in [-0.3, -0.25) is 19.5 Å². The van der Waals surface area contributed by atoms with Crippen molar-refractivity contribution in [1.29, 1.82) is 0 Å². The van der Waals surface area contributed by atoms with Crippen LogP contribution in [0.1, 0.15) is 39.7 Å². The van der Waals surface area contributed by atoms with Gasteiger partial charge in [-0.2, -0.15) is 0 Å². The average Bonchev–Trinajstić information content (AvgIpc) is 3.15. The van der Waals surface area contributed by atoms with E-state index in [1.165, 1.54) is 0 Å². The number of hydrogen-bond donors (Lipinski definition) is 1. The van der Waals surface area contributed by atoms with Gasteiger partial charge in [0.05, 0.1) is 5.69 Å². The largest absolute Gasteiger partial charge is 0.331 e. The fourth-order valence-electron chi connectivity index (χ4n) is 3.55. The van der Waals surface area contributed by atoms with Crippen LogP contribution in [-0.2, 0) is 9.59 Å². The van der Waals surface area contributed by atoms with Crippen molar-refractivity contribution in [3.05, 3.63) is 65.3 Å². The van der Waals surface area contributed by atoms with E-state index in [2.05, 4.69) is 10.3 Å². The number of halogens is 1. The van der Waals surface area contributed by atoms with Crippen LogP contribution in [0.4, 0.5) is 5.95 Å². The van der Waals surface area contributed by atoms with Crippen molar-refractivity contribution in [1.82, 2.24) is 14.5 Å². The van der Waals surface area contributed by atoms with Crippen molar-refractivity contribution in [2.45, 2.75) is 47.1 Å². The Labute approximate surface area is 200 Å². The Morgan fingerprint density at radius 1 is 1.09 bits per heavy atom. The third-order valence-corrected chi connectivity index (χ3v) is 5.47. The van der Waals surface area contributed by atoms with Gasteiger partial charge in [-0.25, -0.2) is 4.98 Å². The number of amides is 2. The number of aryl methyl sites for hydroxylation is 1. The quantitative estimate of drug-likeness (QED) is 0.461. The summed E-state index contributed by atoms with van der Waals surface area (Å²) >= 11 is 6.03. The minimum absolute atomic E-state index is 0.0276. The van der Waals surface area contributed by atoms with Crippen molar-refractivity contribution in [3.63, 3.8) is 0 Å². The van der Waals surface area contributed by atoms with Gasteiger partial charge in [0, 0.05) is 34.9 Å². The van der Waals surface area contributed by atoms with E-state index >= 15 is 0 Å². The molecular formula is C26H31ClN4O2. The van der Waals surface area contributed by atoms with Crippen molar-refractivity contribution in [3.8, 4) is 16.9 Å². The molecule has 33 heavy (non-hydrogen) atoms. The molecule has 0 saturated heterocycles. The molecule has 3 aromatic rings. The number of anilines is 1. The first-order valence-electron chi connectivity index (χ1n) is 11.2. The fourth-order valence-corrected chi connectivity index (χ4v) is 3.67. The first-order valence-corrected chi connectivity index (χ1v) is 11.5. The maximum Gasteiger partial charge on any atom is 0.246 e. The second-order valence-corrected chi connectivity index (χ2v) is 9.36. The zero-order valence-corrected chi connectivity index (χ0v) is 20.6. The maximum absolute atomic E-state index is 13.0. The second kappa shape index (κ2) is 10.7. The lowest BCUT2D eigenvalue weighted by Gasteiger charge is -2.27. The number of aromatic nitrogens is 2. The Kier molecular flexibility index (Phi) is 7.92. The molecular weight excluding hydrogens is 436 g/mol. The Bertz CT molecular complexity index is 1120. The molecule has 0 fully saturated rings. The number of nitrogens with one attached hydrogen (secondary N) is 1. The molecule has 2 aromatic carbocycles. The van der Waals surface area contributed by atoms with Crippen LogP contribution in [0, 0.1) is 12.8 Å². The summed E-state index contributed by atoms with van der Waals surface area (Å²) in [5, 5.41) is 3.56. The number of benzene rings is 2. The third-order valence-electron chi connectivity index (χ3n) is 5.22. The molecule has 6 nitrogen and oxygen atoms in total. The molecule has 3 rings (SSSR count). The van der Waals surface area contributed by atoms with Crippen LogP contribution < -0.4 is 5.32 Å². The summed E-state index contributed by atoms with van der Waals surface area (Å²) in [6, 6.07) is 15.3. The van der Waals surface area contributed by atoms with Gasteiger partial charge < -0.3 is 4.90 Å². The van der Waals surface area contributed by atoms with Crippen LogP contribution in [0.3, 0.4) is 0 Å². The summed E-state index contributed by atoms with van der Waals surface area (Å²) in [5.74, 6) is 0.307. The lowest BCUT2D eigenvalue weighted by molar-refractivity contribution is -0.137. The van der Waals surface area contributed by atoms with E-state index in [0.29, 0.717) is 23.1 Å². The van der Waals surface area contributed by atoms with E-state index in [1.807, 2.05) is 93.9 Å². The van der Waals surface area contributed by atoms with Gasteiger partial charge in [0.25, 0.3) is 0 Å². The molecule has 174 valence electrons. The van der Waals surface area contributed by atoms with Gasteiger partial charge >= 0.3 is 0 Å². The summed E-state index contributed by atoms with van der Waals surface area (Å²) in [6.45, 7) is 9.80. The van der Waals surface area contributed by atoms with Gasteiger partial charge in [0.15, 0.2) is 0 Å². The Morgan fingerprint density at radius 2 is 1.79 bits per heavy atom. The lowest BCUT2D eigenvalue weighted by Crippen LogP contribution is -2.43. The fraction of sp³-hybridized carbons (Fsp3) is 0.346. The van der Waals surface area contributed by atoms with Gasteiger partial charge in [0.2, 0.25) is 17.8 Å². The molecule has 2 amide bonds. The first kappa shape index (κ1) is 24.5. The smallest absolute Gasteiger partial charge is 0.246 e. The maximum atomic E-state index is 13.0. The van der Waals surface area contributed by atoms with Gasteiger partial charge in [0.1, 0.15) is 6.54 Å². The summed E-state index contributed by atoms with van der Waals surface area (Å²) in [5.41, 5.74) is 3.57. The van der Waals surface area contributed by atoms with Crippen molar-refractivity contribution in [2.24, 2.45) is 5.92 Å². The second-order valence-electron chi connectivity index (χ2n) is 8.93. The van der Waals surface area contributed by atoms with Gasteiger partial charge in [-0.05, 0) is 56.5 Å². The van der Waals surface area contributed by atoms with Crippen molar-refractivity contribution < 1.29 is 9.59 Å². The molecule has 0 aliphatic rings. The SMILES string of the molecule is Cc1cccc(-n2cc(-c3ccc(Cl)cc3)nc2NC(=O)CN(C(=O)CC(C)C)C(C)C)c1. The Hall–Kier alpha value is -3.12. The highest BCUT2D eigenvalue weighted by molar-refractivity contribution is 6.30.